The van der Waals surface area contributed by atoms with Crippen molar-refractivity contribution >= 4 is 11.6 Å². The predicted molar refractivity (Wildman–Crippen MR) is 100 cm³/mol. The second-order valence-electron chi connectivity index (χ2n) is 7.41. The Hall–Kier alpha value is -3.00. The monoisotopic (exact) mass is 338 g/mol. The van der Waals surface area contributed by atoms with E-state index in [-0.39, 0.29) is 17.5 Å². The van der Waals surface area contributed by atoms with Gasteiger partial charge in [-0.1, -0.05) is 91.9 Å². The van der Waals surface area contributed by atoms with Crippen molar-refractivity contribution in [2.24, 2.45) is 11.3 Å². The molecule has 0 aliphatic heterocycles. The van der Waals surface area contributed by atoms with E-state index in [1.54, 1.807) is 12.1 Å². The van der Waals surface area contributed by atoms with Gasteiger partial charge in [-0.3, -0.25) is 9.59 Å². The Labute approximate surface area is 152 Å². The van der Waals surface area contributed by atoms with Crippen molar-refractivity contribution in [2.75, 3.05) is 0 Å². The molecular weight excluding hydrogens is 320 g/mol. The van der Waals surface area contributed by atoms with Crippen LogP contribution in [0, 0.1) is 11.3 Å². The highest BCUT2D eigenvalue weighted by Gasteiger charge is 2.82. The average molecular weight is 338 g/mol. The van der Waals surface area contributed by atoms with Crippen LogP contribution in [0.2, 0.25) is 0 Å². The van der Waals surface area contributed by atoms with Gasteiger partial charge in [0, 0.05) is 16.5 Å². The van der Waals surface area contributed by atoms with Crippen LogP contribution in [0.3, 0.4) is 0 Å². The van der Waals surface area contributed by atoms with E-state index in [4.69, 9.17) is 0 Å². The van der Waals surface area contributed by atoms with Gasteiger partial charge in [0.1, 0.15) is 0 Å². The first-order chi connectivity index (χ1) is 12.6. The number of hydrogen-bond donors (Lipinski definition) is 0. The van der Waals surface area contributed by atoms with Crippen LogP contribution in [0.15, 0.2) is 84.9 Å². The van der Waals surface area contributed by atoms with Gasteiger partial charge in [-0.25, -0.2) is 0 Å². The Balaban J connectivity index is 1.83. The Morgan fingerprint density at radius 3 is 1.65 bits per heavy atom. The van der Waals surface area contributed by atoms with E-state index in [0.29, 0.717) is 11.1 Å². The van der Waals surface area contributed by atoms with E-state index >= 15 is 0 Å². The summed E-state index contributed by atoms with van der Waals surface area (Å²) in [7, 11) is 0. The number of carbonyl (C=O) groups excluding carboxylic acids is 2. The van der Waals surface area contributed by atoms with Gasteiger partial charge < -0.3 is 0 Å². The minimum absolute atomic E-state index is 0.0745. The van der Waals surface area contributed by atoms with E-state index in [9.17, 15) is 9.59 Å². The molecule has 0 amide bonds. The van der Waals surface area contributed by atoms with Crippen molar-refractivity contribution in [3.05, 3.63) is 107 Å². The molecule has 0 aromatic heterocycles. The molecule has 2 aliphatic rings. The third-order valence-electron chi connectivity index (χ3n) is 6.38. The third kappa shape index (κ3) is 1.58. The fourth-order valence-corrected chi connectivity index (χ4v) is 5.22. The van der Waals surface area contributed by atoms with Gasteiger partial charge in [-0.2, -0.15) is 0 Å². The summed E-state index contributed by atoms with van der Waals surface area (Å²) in [6, 6.07) is 27.3. The van der Waals surface area contributed by atoms with Crippen molar-refractivity contribution in [3.63, 3.8) is 0 Å². The zero-order chi connectivity index (χ0) is 17.9. The number of carbonyl (C=O) groups is 2. The summed E-state index contributed by atoms with van der Waals surface area (Å²) in [5, 5.41) is 0. The van der Waals surface area contributed by atoms with Crippen molar-refractivity contribution in [1.82, 2.24) is 0 Å². The topological polar surface area (TPSA) is 34.1 Å². The molecule has 2 aliphatic carbocycles. The van der Waals surface area contributed by atoms with Gasteiger partial charge in [-0.05, 0) is 11.1 Å². The lowest BCUT2D eigenvalue weighted by Gasteiger charge is -2.23. The molecule has 1 saturated carbocycles. The largest absolute Gasteiger partial charge is 0.294 e. The molecule has 3 aromatic carbocycles. The highest BCUT2D eigenvalue weighted by molar-refractivity contribution is 6.23. The molecule has 2 heteroatoms. The van der Waals surface area contributed by atoms with E-state index in [1.807, 2.05) is 79.7 Å². The van der Waals surface area contributed by atoms with Gasteiger partial charge in [0.05, 0.1) is 11.3 Å². The van der Waals surface area contributed by atoms with Gasteiger partial charge in [-0.15, -0.1) is 0 Å². The van der Waals surface area contributed by atoms with Crippen LogP contribution < -0.4 is 0 Å². The first kappa shape index (κ1) is 15.3. The third-order valence-corrected chi connectivity index (χ3v) is 6.38. The number of rotatable bonds is 2. The summed E-state index contributed by atoms with van der Waals surface area (Å²) in [5.41, 5.74) is 1.84. The number of benzene rings is 3. The molecule has 0 saturated heterocycles. The summed E-state index contributed by atoms with van der Waals surface area (Å²) in [4.78, 5) is 27.0. The first-order valence-corrected chi connectivity index (χ1v) is 8.92. The van der Waals surface area contributed by atoms with Gasteiger partial charge in [0.15, 0.2) is 11.6 Å². The van der Waals surface area contributed by atoms with Crippen LogP contribution in [0.4, 0.5) is 0 Å². The molecular formula is C24H18O2. The molecule has 126 valence electrons. The molecule has 0 N–H and O–H groups in total. The molecule has 0 unspecified atom stereocenters. The smallest absolute Gasteiger partial charge is 0.171 e. The molecule has 0 radical (unpaired) electrons. The molecule has 2 nitrogen and oxygen atoms in total. The molecule has 0 spiro atoms. The van der Waals surface area contributed by atoms with Gasteiger partial charge in [0.2, 0.25) is 0 Å². The second-order valence-corrected chi connectivity index (χ2v) is 7.41. The minimum Gasteiger partial charge on any atom is -0.294 e. The standard InChI is InChI=1S/C24H18O2/c1-23-21(20(25)18-14-8-9-15-19(18)22(23)26)24(23,16-10-4-2-5-11-16)17-12-6-3-7-13-17/h2-15,21H,1H3/t21-,23-/m0/s1. The van der Waals surface area contributed by atoms with Crippen LogP contribution in [-0.2, 0) is 5.41 Å². The molecule has 26 heavy (non-hydrogen) atoms. The maximum Gasteiger partial charge on any atom is 0.171 e. The average Bonchev–Trinajstić information content (AvgIpc) is 3.30. The van der Waals surface area contributed by atoms with Crippen molar-refractivity contribution < 1.29 is 9.59 Å². The zero-order valence-corrected chi connectivity index (χ0v) is 14.5. The highest BCUT2D eigenvalue weighted by Crippen LogP contribution is 2.75. The SMILES string of the molecule is C[C@@]12C(=O)c3ccccc3C(=O)[C@@H]1C2(c1ccccc1)c1ccccc1. The molecule has 5 rings (SSSR count). The lowest BCUT2D eigenvalue weighted by Crippen LogP contribution is -2.28. The van der Waals surface area contributed by atoms with E-state index in [1.165, 1.54) is 0 Å². The van der Waals surface area contributed by atoms with Crippen LogP contribution in [0.25, 0.3) is 0 Å². The normalized spacial score (nSPS) is 25.3. The first-order valence-electron chi connectivity index (χ1n) is 8.92. The summed E-state index contributed by atoms with van der Waals surface area (Å²) >= 11 is 0. The highest BCUT2D eigenvalue weighted by atomic mass is 16.1. The van der Waals surface area contributed by atoms with E-state index in [0.717, 1.165) is 11.1 Å². The van der Waals surface area contributed by atoms with Gasteiger partial charge >= 0.3 is 0 Å². The number of fused-ring (bicyclic) bond motifs is 2. The van der Waals surface area contributed by atoms with Crippen molar-refractivity contribution in [2.45, 2.75) is 12.3 Å². The quantitative estimate of drug-likeness (QED) is 0.679. The maximum absolute atomic E-state index is 13.5. The molecule has 0 heterocycles. The molecule has 0 bridgehead atoms. The van der Waals surface area contributed by atoms with Crippen LogP contribution in [-0.4, -0.2) is 11.6 Å². The van der Waals surface area contributed by atoms with Crippen LogP contribution >= 0.6 is 0 Å². The number of Topliss-reactive ketones (excluding diaryl/α,β-unsaturated/α-hetero) is 2. The summed E-state index contributed by atoms with van der Waals surface area (Å²) in [6.07, 6.45) is 0. The minimum atomic E-state index is -0.749. The summed E-state index contributed by atoms with van der Waals surface area (Å²) in [5.74, 6) is -0.206. The number of ketones is 2. The lowest BCUT2D eigenvalue weighted by atomic mass is 9.77. The van der Waals surface area contributed by atoms with E-state index in [2.05, 4.69) is 0 Å². The van der Waals surface area contributed by atoms with E-state index < -0.39 is 10.8 Å². The van der Waals surface area contributed by atoms with Crippen molar-refractivity contribution in [1.29, 1.82) is 0 Å². The summed E-state index contributed by atoms with van der Waals surface area (Å²) < 4.78 is 0. The molecule has 1 fully saturated rings. The molecule has 2 atom stereocenters. The van der Waals surface area contributed by atoms with Gasteiger partial charge in [0.25, 0.3) is 0 Å². The van der Waals surface area contributed by atoms with Crippen LogP contribution in [0.1, 0.15) is 38.8 Å². The fourth-order valence-electron chi connectivity index (χ4n) is 5.22. The fraction of sp³-hybridized carbons (Fsp3) is 0.167. The Morgan fingerprint density at radius 2 is 1.12 bits per heavy atom. The lowest BCUT2D eigenvalue weighted by molar-refractivity contribution is 0.0822. The Morgan fingerprint density at radius 1 is 0.654 bits per heavy atom. The maximum atomic E-state index is 13.5. The Kier molecular flexibility index (Phi) is 2.94. The van der Waals surface area contributed by atoms with Crippen molar-refractivity contribution in [3.8, 4) is 0 Å². The zero-order valence-electron chi connectivity index (χ0n) is 14.5. The Bertz CT molecular complexity index is 997. The number of hydrogen-bond acceptors (Lipinski definition) is 2. The predicted octanol–water partition coefficient (Wildman–Crippen LogP) is 4.69. The summed E-state index contributed by atoms with van der Waals surface area (Å²) in [6.45, 7) is 1.97. The van der Waals surface area contributed by atoms with Crippen LogP contribution in [0.5, 0.6) is 0 Å². The second kappa shape index (κ2) is 5.01. The molecule has 3 aromatic rings.